The number of aliphatic hydroxyl groups is 1. The largest absolute Gasteiger partial charge is 0.384 e. The lowest BCUT2D eigenvalue weighted by atomic mass is 10.0. The normalized spacial score (nSPS) is 12.0. The van der Waals surface area contributed by atoms with Crippen molar-refractivity contribution in [1.29, 1.82) is 0 Å². The molecule has 4 heteroatoms. The topological polar surface area (TPSA) is 55.1 Å². The highest BCUT2D eigenvalue weighted by atomic mass is 16.3. The average molecular weight is 286 g/mol. The fourth-order valence-electron chi connectivity index (χ4n) is 2.23. The van der Waals surface area contributed by atoms with E-state index in [1.165, 1.54) is 11.6 Å². The summed E-state index contributed by atoms with van der Waals surface area (Å²) in [5, 5.41) is 14.4. The van der Waals surface area contributed by atoms with Crippen LogP contribution in [0.1, 0.15) is 50.6 Å². The van der Waals surface area contributed by atoms with Gasteiger partial charge in [0.15, 0.2) is 0 Å². The molecule has 4 nitrogen and oxygen atoms in total. The van der Waals surface area contributed by atoms with Gasteiger partial charge in [0.2, 0.25) is 5.43 Å². The van der Waals surface area contributed by atoms with Gasteiger partial charge in [0.25, 0.3) is 0 Å². The molecule has 0 saturated heterocycles. The second-order valence-electron chi connectivity index (χ2n) is 6.22. The lowest BCUT2D eigenvalue weighted by molar-refractivity contribution is 0.0709. The van der Waals surface area contributed by atoms with Gasteiger partial charge in [-0.2, -0.15) is 5.10 Å². The molecule has 0 aliphatic carbocycles. The van der Waals surface area contributed by atoms with E-state index in [-0.39, 0.29) is 11.1 Å². The summed E-state index contributed by atoms with van der Waals surface area (Å²) < 4.78 is 1.69. The quantitative estimate of drug-likeness (QED) is 0.944. The van der Waals surface area contributed by atoms with Gasteiger partial charge in [0.05, 0.1) is 5.69 Å². The van der Waals surface area contributed by atoms with E-state index in [0.717, 1.165) is 11.4 Å². The summed E-state index contributed by atoms with van der Waals surface area (Å²) >= 11 is 0. The molecule has 1 aromatic carbocycles. The van der Waals surface area contributed by atoms with Gasteiger partial charge in [0.1, 0.15) is 11.3 Å². The van der Waals surface area contributed by atoms with Crippen LogP contribution in [0.5, 0.6) is 0 Å². The number of aryl methyl sites for hydroxylation is 1. The summed E-state index contributed by atoms with van der Waals surface area (Å²) in [6, 6.07) is 9.59. The summed E-state index contributed by atoms with van der Waals surface area (Å²) in [6.07, 6.45) is 0. The minimum atomic E-state index is -1.26. The molecule has 0 bridgehead atoms. The monoisotopic (exact) mass is 286 g/mol. The number of hydrogen-bond acceptors (Lipinski definition) is 3. The van der Waals surface area contributed by atoms with E-state index in [2.05, 4.69) is 31.1 Å². The molecule has 0 atom stereocenters. The zero-order valence-electron chi connectivity index (χ0n) is 13.2. The lowest BCUT2D eigenvalue weighted by Gasteiger charge is -2.19. The van der Waals surface area contributed by atoms with Gasteiger partial charge in [-0.25, -0.2) is 4.68 Å². The molecule has 21 heavy (non-hydrogen) atoms. The van der Waals surface area contributed by atoms with Crippen LogP contribution in [0.15, 0.2) is 35.1 Å². The summed E-state index contributed by atoms with van der Waals surface area (Å²) in [5.41, 5.74) is 1.52. The van der Waals surface area contributed by atoms with Gasteiger partial charge in [-0.3, -0.25) is 4.79 Å². The van der Waals surface area contributed by atoms with Crippen molar-refractivity contribution in [3.63, 3.8) is 0 Å². The third kappa shape index (κ3) is 3.22. The Bertz CT molecular complexity index is 692. The molecule has 1 heterocycles. The molecule has 0 unspecified atom stereocenters. The molecule has 0 aliphatic heterocycles. The van der Waals surface area contributed by atoms with Crippen LogP contribution in [-0.4, -0.2) is 14.9 Å². The Labute approximate surface area is 125 Å². The highest BCUT2D eigenvalue weighted by molar-refractivity contribution is 5.36. The first-order valence-corrected chi connectivity index (χ1v) is 7.14. The van der Waals surface area contributed by atoms with Crippen LogP contribution in [-0.2, 0) is 5.60 Å². The Balaban J connectivity index is 2.56. The van der Waals surface area contributed by atoms with Crippen molar-refractivity contribution in [3.05, 3.63) is 57.5 Å². The molecule has 0 aliphatic rings. The van der Waals surface area contributed by atoms with E-state index in [4.69, 9.17) is 0 Å². The SMILES string of the molecule is Cc1cc(=O)c(C(C)(C)O)nn1-c1ccc(C(C)C)cc1. The zero-order chi connectivity index (χ0) is 15.8. The van der Waals surface area contributed by atoms with Crippen LogP contribution in [0.3, 0.4) is 0 Å². The second kappa shape index (κ2) is 5.45. The van der Waals surface area contributed by atoms with E-state index in [1.54, 1.807) is 18.5 Å². The van der Waals surface area contributed by atoms with Gasteiger partial charge in [0, 0.05) is 11.8 Å². The van der Waals surface area contributed by atoms with Crippen molar-refractivity contribution in [1.82, 2.24) is 9.78 Å². The Morgan fingerprint density at radius 1 is 1.19 bits per heavy atom. The highest BCUT2D eigenvalue weighted by Gasteiger charge is 2.23. The zero-order valence-corrected chi connectivity index (χ0v) is 13.2. The maximum atomic E-state index is 12.0. The Morgan fingerprint density at radius 2 is 1.76 bits per heavy atom. The van der Waals surface area contributed by atoms with Gasteiger partial charge >= 0.3 is 0 Å². The average Bonchev–Trinajstić information content (AvgIpc) is 2.37. The Morgan fingerprint density at radius 3 is 2.24 bits per heavy atom. The van der Waals surface area contributed by atoms with Gasteiger partial charge in [-0.1, -0.05) is 26.0 Å². The van der Waals surface area contributed by atoms with E-state index >= 15 is 0 Å². The van der Waals surface area contributed by atoms with Crippen LogP contribution in [0.4, 0.5) is 0 Å². The van der Waals surface area contributed by atoms with Gasteiger partial charge in [-0.05, 0) is 44.4 Å². The smallest absolute Gasteiger partial charge is 0.206 e. The Kier molecular flexibility index (Phi) is 4.01. The van der Waals surface area contributed by atoms with Gasteiger partial charge in [-0.15, -0.1) is 0 Å². The summed E-state index contributed by atoms with van der Waals surface area (Å²) in [6.45, 7) is 9.25. The fourth-order valence-corrected chi connectivity index (χ4v) is 2.23. The van der Waals surface area contributed by atoms with Crippen LogP contribution < -0.4 is 5.43 Å². The fraction of sp³-hybridized carbons (Fsp3) is 0.412. The maximum Gasteiger partial charge on any atom is 0.206 e. The number of nitrogens with zero attached hydrogens (tertiary/aromatic N) is 2. The first-order chi connectivity index (χ1) is 9.70. The van der Waals surface area contributed by atoms with Crippen molar-refractivity contribution in [2.24, 2.45) is 0 Å². The maximum absolute atomic E-state index is 12.0. The molecule has 0 radical (unpaired) electrons. The molecule has 0 amide bonds. The number of benzene rings is 1. The molecule has 112 valence electrons. The minimum Gasteiger partial charge on any atom is -0.384 e. The Hall–Kier alpha value is -1.94. The standard InChI is InChI=1S/C17H22N2O2/c1-11(2)13-6-8-14(9-7-13)19-12(3)10-15(20)16(18-19)17(4,5)21/h6-11,21H,1-5H3. The molecule has 1 N–H and O–H groups in total. The van der Waals surface area contributed by atoms with Gasteiger partial charge < -0.3 is 5.11 Å². The van der Waals surface area contributed by atoms with E-state index in [0.29, 0.717) is 5.92 Å². The van der Waals surface area contributed by atoms with E-state index in [9.17, 15) is 9.90 Å². The molecule has 0 saturated carbocycles. The summed E-state index contributed by atoms with van der Waals surface area (Å²) in [7, 11) is 0. The second-order valence-corrected chi connectivity index (χ2v) is 6.22. The minimum absolute atomic E-state index is 0.154. The number of aromatic nitrogens is 2. The van der Waals surface area contributed by atoms with Crippen molar-refractivity contribution in [2.45, 2.75) is 46.1 Å². The van der Waals surface area contributed by atoms with Crippen molar-refractivity contribution >= 4 is 0 Å². The number of hydrogen-bond donors (Lipinski definition) is 1. The first kappa shape index (κ1) is 15.4. The molecule has 1 aromatic heterocycles. The third-order valence-corrected chi connectivity index (χ3v) is 3.49. The number of rotatable bonds is 3. The van der Waals surface area contributed by atoms with Crippen LogP contribution in [0, 0.1) is 6.92 Å². The van der Waals surface area contributed by atoms with Crippen LogP contribution >= 0.6 is 0 Å². The molecule has 2 rings (SSSR count). The van der Waals surface area contributed by atoms with Crippen molar-refractivity contribution < 1.29 is 5.11 Å². The molecular weight excluding hydrogens is 264 g/mol. The van der Waals surface area contributed by atoms with Crippen molar-refractivity contribution in [2.75, 3.05) is 0 Å². The summed E-state index contributed by atoms with van der Waals surface area (Å²) in [4.78, 5) is 12.0. The summed E-state index contributed by atoms with van der Waals surface area (Å²) in [5.74, 6) is 0.467. The molecule has 0 spiro atoms. The predicted molar refractivity (Wildman–Crippen MR) is 83.9 cm³/mol. The molecular formula is C17H22N2O2. The van der Waals surface area contributed by atoms with Crippen LogP contribution in [0.2, 0.25) is 0 Å². The highest BCUT2D eigenvalue weighted by Crippen LogP contribution is 2.19. The molecule has 0 fully saturated rings. The predicted octanol–water partition coefficient (Wildman–Crippen LogP) is 2.89. The van der Waals surface area contributed by atoms with Crippen molar-refractivity contribution in [3.8, 4) is 5.69 Å². The third-order valence-electron chi connectivity index (χ3n) is 3.49. The lowest BCUT2D eigenvalue weighted by Crippen LogP contribution is -2.30. The molecule has 2 aromatic rings. The first-order valence-electron chi connectivity index (χ1n) is 7.14. The van der Waals surface area contributed by atoms with Crippen LogP contribution in [0.25, 0.3) is 5.69 Å². The van der Waals surface area contributed by atoms with E-state index in [1.807, 2.05) is 19.1 Å². The van der Waals surface area contributed by atoms with E-state index < -0.39 is 5.60 Å².